The Labute approximate surface area is 117 Å². The van der Waals surface area contributed by atoms with E-state index in [9.17, 15) is 9.59 Å². The number of hydrogen-bond acceptors (Lipinski definition) is 2. The molecule has 2 heterocycles. The fourth-order valence-electron chi connectivity index (χ4n) is 2.58. The van der Waals surface area contributed by atoms with E-state index in [0.717, 1.165) is 17.3 Å². The zero-order valence-corrected chi connectivity index (χ0v) is 11.4. The monoisotopic (exact) mass is 271 g/mol. The summed E-state index contributed by atoms with van der Waals surface area (Å²) in [5.74, 6) is -0.0817. The van der Waals surface area contributed by atoms with Gasteiger partial charge in [0.05, 0.1) is 5.56 Å². The number of aromatic nitrogens is 1. The Morgan fingerprint density at radius 2 is 2.05 bits per heavy atom. The molecular weight excluding hydrogens is 254 g/mol. The highest BCUT2D eigenvalue weighted by Gasteiger charge is 2.25. The van der Waals surface area contributed by atoms with Gasteiger partial charge >= 0.3 is 0 Å². The fraction of sp³-hybridized carbons (Fsp3) is 0.333. The topological polar surface area (TPSA) is 56.4 Å². The summed E-state index contributed by atoms with van der Waals surface area (Å²) in [7, 11) is 1.78. The van der Waals surface area contributed by atoms with Crippen LogP contribution in [0.1, 0.15) is 16.8 Å². The van der Waals surface area contributed by atoms with Crippen LogP contribution < -0.4 is 0 Å². The van der Waals surface area contributed by atoms with E-state index in [1.54, 1.807) is 23.0 Å². The lowest BCUT2D eigenvalue weighted by Crippen LogP contribution is -2.37. The highest BCUT2D eigenvalue weighted by molar-refractivity contribution is 6.07. The first-order chi connectivity index (χ1) is 9.66. The molecule has 3 rings (SSSR count). The number of para-hydroxylation sites is 1. The molecule has 0 saturated carbocycles. The summed E-state index contributed by atoms with van der Waals surface area (Å²) in [5, 5.41) is 0.905. The SMILES string of the molecule is CN1CCCN(C(=O)c2c[nH]c3ccccc23)CC1=O. The van der Waals surface area contributed by atoms with E-state index >= 15 is 0 Å². The molecule has 1 saturated heterocycles. The van der Waals surface area contributed by atoms with E-state index in [1.165, 1.54) is 0 Å². The minimum absolute atomic E-state index is 0.00399. The van der Waals surface area contributed by atoms with Crippen molar-refractivity contribution in [1.29, 1.82) is 0 Å². The van der Waals surface area contributed by atoms with Crippen LogP contribution in [0.2, 0.25) is 0 Å². The van der Waals surface area contributed by atoms with Gasteiger partial charge in [0.25, 0.3) is 5.91 Å². The maximum atomic E-state index is 12.6. The predicted octanol–water partition coefficient (Wildman–Crippen LogP) is 1.47. The van der Waals surface area contributed by atoms with Gasteiger partial charge in [-0.15, -0.1) is 0 Å². The normalized spacial score (nSPS) is 16.6. The Kier molecular flexibility index (Phi) is 3.18. The second-order valence-corrected chi connectivity index (χ2v) is 5.14. The summed E-state index contributed by atoms with van der Waals surface area (Å²) in [4.78, 5) is 30.9. The van der Waals surface area contributed by atoms with Gasteiger partial charge in [-0.05, 0) is 12.5 Å². The number of nitrogens with one attached hydrogen (secondary N) is 1. The van der Waals surface area contributed by atoms with Crippen molar-refractivity contribution in [1.82, 2.24) is 14.8 Å². The second kappa shape index (κ2) is 5.00. The number of hydrogen-bond donors (Lipinski definition) is 1. The zero-order valence-electron chi connectivity index (χ0n) is 11.4. The number of benzene rings is 1. The number of fused-ring (bicyclic) bond motifs is 1. The fourth-order valence-corrected chi connectivity index (χ4v) is 2.58. The molecule has 104 valence electrons. The van der Waals surface area contributed by atoms with E-state index in [1.807, 2.05) is 24.3 Å². The third-order valence-electron chi connectivity index (χ3n) is 3.78. The average molecular weight is 271 g/mol. The quantitative estimate of drug-likeness (QED) is 0.854. The standard InChI is InChI=1S/C15H17N3O2/c1-17-7-4-8-18(10-14(17)19)15(20)12-9-16-13-6-3-2-5-11(12)13/h2-3,5-6,9,16H,4,7-8,10H2,1H3. The van der Waals surface area contributed by atoms with Gasteiger partial charge in [0, 0.05) is 37.2 Å². The molecule has 0 spiro atoms. The summed E-state index contributed by atoms with van der Waals surface area (Å²) in [6.07, 6.45) is 2.54. The lowest BCUT2D eigenvalue weighted by molar-refractivity contribution is -0.129. The van der Waals surface area contributed by atoms with Crippen molar-refractivity contribution in [2.24, 2.45) is 0 Å². The highest BCUT2D eigenvalue weighted by atomic mass is 16.2. The van der Waals surface area contributed by atoms with Crippen LogP contribution in [0, 0.1) is 0 Å². The molecule has 0 unspecified atom stereocenters. The Balaban J connectivity index is 1.90. The van der Waals surface area contributed by atoms with Crippen molar-refractivity contribution >= 4 is 22.7 Å². The van der Waals surface area contributed by atoms with Gasteiger partial charge in [0.1, 0.15) is 6.54 Å². The average Bonchev–Trinajstić information content (AvgIpc) is 2.81. The van der Waals surface area contributed by atoms with Crippen LogP contribution in [0.15, 0.2) is 30.5 Å². The Bertz CT molecular complexity index is 662. The first kappa shape index (κ1) is 12.7. The predicted molar refractivity (Wildman–Crippen MR) is 76.5 cm³/mol. The molecule has 1 N–H and O–H groups in total. The van der Waals surface area contributed by atoms with E-state index in [4.69, 9.17) is 0 Å². The summed E-state index contributed by atoms with van der Waals surface area (Å²) in [6.45, 7) is 1.49. The van der Waals surface area contributed by atoms with E-state index < -0.39 is 0 Å². The summed E-state index contributed by atoms with van der Waals surface area (Å²) < 4.78 is 0. The van der Waals surface area contributed by atoms with Crippen LogP contribution in [0.25, 0.3) is 10.9 Å². The van der Waals surface area contributed by atoms with Gasteiger partial charge in [-0.2, -0.15) is 0 Å². The zero-order chi connectivity index (χ0) is 14.1. The number of nitrogens with zero attached hydrogens (tertiary/aromatic N) is 2. The third kappa shape index (κ3) is 2.15. The van der Waals surface area contributed by atoms with Crippen LogP contribution >= 0.6 is 0 Å². The highest BCUT2D eigenvalue weighted by Crippen LogP contribution is 2.20. The largest absolute Gasteiger partial charge is 0.360 e. The smallest absolute Gasteiger partial charge is 0.256 e. The molecule has 5 nitrogen and oxygen atoms in total. The van der Waals surface area contributed by atoms with Crippen molar-refractivity contribution in [2.45, 2.75) is 6.42 Å². The van der Waals surface area contributed by atoms with Crippen molar-refractivity contribution in [2.75, 3.05) is 26.7 Å². The number of amides is 2. The number of carbonyl (C=O) groups excluding carboxylic acids is 2. The van der Waals surface area contributed by atoms with Crippen molar-refractivity contribution in [3.63, 3.8) is 0 Å². The summed E-state index contributed by atoms with van der Waals surface area (Å²) >= 11 is 0. The van der Waals surface area contributed by atoms with Gasteiger partial charge < -0.3 is 14.8 Å². The molecule has 2 amide bonds. The Morgan fingerprint density at radius 1 is 1.25 bits per heavy atom. The third-order valence-corrected chi connectivity index (χ3v) is 3.78. The second-order valence-electron chi connectivity index (χ2n) is 5.14. The van der Waals surface area contributed by atoms with Gasteiger partial charge in [0.2, 0.25) is 5.91 Å². The molecule has 1 aliphatic rings. The van der Waals surface area contributed by atoms with Gasteiger partial charge in [0.15, 0.2) is 0 Å². The lowest BCUT2D eigenvalue weighted by atomic mass is 10.1. The number of likely N-dealkylation sites (N-methyl/N-ethyl adjacent to an activating group) is 1. The summed E-state index contributed by atoms with van der Waals surface area (Å²) in [6, 6.07) is 7.70. The first-order valence-electron chi connectivity index (χ1n) is 6.76. The number of H-pyrrole nitrogens is 1. The van der Waals surface area contributed by atoms with Crippen LogP contribution in [0.5, 0.6) is 0 Å². The van der Waals surface area contributed by atoms with E-state index in [-0.39, 0.29) is 18.4 Å². The van der Waals surface area contributed by atoms with Gasteiger partial charge in [-0.3, -0.25) is 9.59 Å². The molecule has 0 bridgehead atoms. The van der Waals surface area contributed by atoms with E-state index in [0.29, 0.717) is 18.7 Å². The van der Waals surface area contributed by atoms with Crippen LogP contribution in [0.3, 0.4) is 0 Å². The molecular formula is C15H17N3O2. The molecule has 1 aromatic heterocycles. The molecule has 1 aliphatic heterocycles. The number of aromatic amines is 1. The molecule has 1 fully saturated rings. The Hall–Kier alpha value is -2.30. The number of rotatable bonds is 1. The number of carbonyl (C=O) groups is 2. The van der Waals surface area contributed by atoms with Crippen molar-refractivity contribution in [3.8, 4) is 0 Å². The molecule has 0 radical (unpaired) electrons. The van der Waals surface area contributed by atoms with Crippen molar-refractivity contribution < 1.29 is 9.59 Å². The minimum atomic E-state index is -0.0777. The molecule has 0 atom stereocenters. The molecule has 1 aromatic carbocycles. The first-order valence-corrected chi connectivity index (χ1v) is 6.76. The molecule has 5 heteroatoms. The summed E-state index contributed by atoms with van der Waals surface area (Å²) in [5.41, 5.74) is 1.58. The molecule has 0 aliphatic carbocycles. The van der Waals surface area contributed by atoms with Crippen molar-refractivity contribution in [3.05, 3.63) is 36.0 Å². The van der Waals surface area contributed by atoms with E-state index in [2.05, 4.69) is 4.98 Å². The maximum absolute atomic E-state index is 12.6. The van der Waals surface area contributed by atoms with Gasteiger partial charge in [-0.1, -0.05) is 18.2 Å². The van der Waals surface area contributed by atoms with Gasteiger partial charge in [-0.25, -0.2) is 0 Å². The lowest BCUT2D eigenvalue weighted by Gasteiger charge is -2.19. The molecule has 20 heavy (non-hydrogen) atoms. The van der Waals surface area contributed by atoms with Crippen LogP contribution in [-0.2, 0) is 4.79 Å². The Morgan fingerprint density at radius 3 is 2.90 bits per heavy atom. The van der Waals surface area contributed by atoms with Crippen LogP contribution in [-0.4, -0.2) is 53.3 Å². The molecule has 2 aromatic rings. The minimum Gasteiger partial charge on any atom is -0.360 e. The maximum Gasteiger partial charge on any atom is 0.256 e. The van der Waals surface area contributed by atoms with Crippen LogP contribution in [0.4, 0.5) is 0 Å².